The molecule has 1 N–H and O–H groups in total. The number of methoxy groups -OCH3 is 2. The maximum atomic E-state index is 10.9. The number of ether oxygens (including phenoxy) is 3. The third-order valence-corrected chi connectivity index (χ3v) is 5.67. The first kappa shape index (κ1) is 20.4. The van der Waals surface area contributed by atoms with Crippen LogP contribution in [0, 0.1) is 0 Å². The molecule has 1 aromatic rings. The molecule has 152 valence electrons. The Morgan fingerprint density at radius 3 is 2.59 bits per heavy atom. The number of β-amino-alcohol motifs (C(OH)–C–C–N with tert-alkyl or cyclic N) is 1. The standard InChI is InChI=1S/C21H34N2O4/c1-15-11-22(12-16(2)27-15)13-17-6-5-9-23(17)14-20(24)19-10-18(25-3)7-8-21(19)26-4/h7-8,10,15-17,20,24H,5-6,9,11-14H2,1-4H3. The van der Waals surface area contributed by atoms with Crippen molar-refractivity contribution in [3.05, 3.63) is 23.8 Å². The van der Waals surface area contributed by atoms with Crippen LogP contribution < -0.4 is 9.47 Å². The van der Waals surface area contributed by atoms with Crippen molar-refractivity contribution in [2.45, 2.75) is 51.0 Å². The number of benzene rings is 1. The molecular weight excluding hydrogens is 344 g/mol. The van der Waals surface area contributed by atoms with Gasteiger partial charge in [0.25, 0.3) is 0 Å². The van der Waals surface area contributed by atoms with E-state index in [1.54, 1.807) is 14.2 Å². The second-order valence-electron chi connectivity index (χ2n) is 7.89. The number of hydrogen-bond donors (Lipinski definition) is 1. The van der Waals surface area contributed by atoms with Gasteiger partial charge in [-0.25, -0.2) is 0 Å². The number of hydrogen-bond acceptors (Lipinski definition) is 6. The maximum Gasteiger partial charge on any atom is 0.124 e. The molecule has 27 heavy (non-hydrogen) atoms. The lowest BCUT2D eigenvalue weighted by Crippen LogP contribution is -2.50. The molecule has 4 unspecified atom stereocenters. The number of rotatable bonds is 7. The van der Waals surface area contributed by atoms with Crippen LogP contribution in [0.15, 0.2) is 18.2 Å². The molecule has 6 heteroatoms. The smallest absolute Gasteiger partial charge is 0.124 e. The van der Waals surface area contributed by atoms with Crippen LogP contribution in [-0.4, -0.2) is 80.1 Å². The number of likely N-dealkylation sites (tertiary alicyclic amines) is 1. The van der Waals surface area contributed by atoms with Gasteiger partial charge in [0.05, 0.1) is 32.5 Å². The molecule has 4 atom stereocenters. The van der Waals surface area contributed by atoms with Gasteiger partial charge in [-0.1, -0.05) is 0 Å². The van der Waals surface area contributed by atoms with Crippen molar-refractivity contribution in [1.29, 1.82) is 0 Å². The first-order chi connectivity index (χ1) is 13.0. The lowest BCUT2D eigenvalue weighted by atomic mass is 10.1. The van der Waals surface area contributed by atoms with Crippen molar-refractivity contribution in [2.24, 2.45) is 0 Å². The van der Waals surface area contributed by atoms with Gasteiger partial charge < -0.3 is 19.3 Å². The van der Waals surface area contributed by atoms with E-state index in [1.807, 2.05) is 18.2 Å². The van der Waals surface area contributed by atoms with E-state index in [1.165, 1.54) is 12.8 Å². The highest BCUT2D eigenvalue weighted by molar-refractivity contribution is 5.41. The van der Waals surface area contributed by atoms with Gasteiger partial charge in [-0.3, -0.25) is 9.80 Å². The van der Waals surface area contributed by atoms with E-state index in [2.05, 4.69) is 23.6 Å². The predicted octanol–water partition coefficient (Wildman–Crippen LogP) is 2.31. The molecule has 0 amide bonds. The summed E-state index contributed by atoms with van der Waals surface area (Å²) >= 11 is 0. The van der Waals surface area contributed by atoms with E-state index in [0.29, 0.717) is 18.3 Å². The molecule has 0 aliphatic carbocycles. The van der Waals surface area contributed by atoms with Gasteiger partial charge in [0.2, 0.25) is 0 Å². The fourth-order valence-corrected chi connectivity index (χ4v) is 4.49. The van der Waals surface area contributed by atoms with Crippen LogP contribution in [0.5, 0.6) is 11.5 Å². The second kappa shape index (κ2) is 9.24. The lowest BCUT2D eigenvalue weighted by molar-refractivity contribution is -0.0729. The number of morpholine rings is 1. The minimum Gasteiger partial charge on any atom is -0.497 e. The molecule has 6 nitrogen and oxygen atoms in total. The fraction of sp³-hybridized carbons (Fsp3) is 0.714. The largest absolute Gasteiger partial charge is 0.497 e. The first-order valence-corrected chi connectivity index (χ1v) is 10.0. The van der Waals surface area contributed by atoms with Crippen molar-refractivity contribution in [3.63, 3.8) is 0 Å². The van der Waals surface area contributed by atoms with E-state index in [0.717, 1.165) is 37.5 Å². The molecule has 2 fully saturated rings. The average molecular weight is 379 g/mol. The van der Waals surface area contributed by atoms with Gasteiger partial charge in [-0.2, -0.15) is 0 Å². The first-order valence-electron chi connectivity index (χ1n) is 10.0. The summed E-state index contributed by atoms with van der Waals surface area (Å²) in [5.74, 6) is 1.44. The third-order valence-electron chi connectivity index (χ3n) is 5.67. The Hall–Kier alpha value is -1.34. The minimum absolute atomic E-state index is 0.287. The molecule has 3 rings (SSSR count). The summed E-state index contributed by atoms with van der Waals surface area (Å²) in [6.45, 7) is 8.96. The molecule has 0 aromatic heterocycles. The maximum absolute atomic E-state index is 10.9. The summed E-state index contributed by atoms with van der Waals surface area (Å²) in [5.41, 5.74) is 0.788. The van der Waals surface area contributed by atoms with Gasteiger partial charge in [0.1, 0.15) is 11.5 Å². The van der Waals surface area contributed by atoms with Gasteiger partial charge >= 0.3 is 0 Å². The summed E-state index contributed by atoms with van der Waals surface area (Å²) < 4.78 is 16.6. The monoisotopic (exact) mass is 378 g/mol. The summed E-state index contributed by atoms with van der Waals surface area (Å²) in [5, 5.41) is 10.9. The van der Waals surface area contributed by atoms with Crippen LogP contribution in [0.3, 0.4) is 0 Å². The summed E-state index contributed by atoms with van der Waals surface area (Å²) in [7, 11) is 3.27. The Morgan fingerprint density at radius 2 is 1.93 bits per heavy atom. The summed E-state index contributed by atoms with van der Waals surface area (Å²) in [4.78, 5) is 4.94. The molecule has 0 radical (unpaired) electrons. The highest BCUT2D eigenvalue weighted by Crippen LogP contribution is 2.31. The molecule has 2 saturated heterocycles. The van der Waals surface area contributed by atoms with Crippen LogP contribution in [0.2, 0.25) is 0 Å². The Bertz CT molecular complexity index is 602. The molecule has 0 bridgehead atoms. The van der Waals surface area contributed by atoms with E-state index in [4.69, 9.17) is 14.2 Å². The molecule has 0 spiro atoms. The number of nitrogens with zero attached hydrogens (tertiary/aromatic N) is 2. The summed E-state index contributed by atoms with van der Waals surface area (Å²) in [6, 6.07) is 6.07. The third kappa shape index (κ3) is 5.13. The fourth-order valence-electron chi connectivity index (χ4n) is 4.49. The Kier molecular flexibility index (Phi) is 6.98. The highest BCUT2D eigenvalue weighted by Gasteiger charge is 2.31. The van der Waals surface area contributed by atoms with Crippen LogP contribution in [0.25, 0.3) is 0 Å². The van der Waals surface area contributed by atoms with E-state index < -0.39 is 6.10 Å². The Balaban J connectivity index is 1.64. The van der Waals surface area contributed by atoms with Crippen molar-refractivity contribution in [2.75, 3.05) is 46.9 Å². The van der Waals surface area contributed by atoms with Crippen LogP contribution >= 0.6 is 0 Å². The zero-order chi connectivity index (χ0) is 19.4. The van der Waals surface area contributed by atoms with Crippen molar-refractivity contribution in [3.8, 4) is 11.5 Å². The number of aliphatic hydroxyl groups excluding tert-OH is 1. The van der Waals surface area contributed by atoms with E-state index in [-0.39, 0.29) is 12.2 Å². The van der Waals surface area contributed by atoms with Crippen LogP contribution in [-0.2, 0) is 4.74 Å². The molecule has 2 heterocycles. The Morgan fingerprint density at radius 1 is 1.19 bits per heavy atom. The normalized spacial score (nSPS) is 28.3. The van der Waals surface area contributed by atoms with Gasteiger partial charge in [-0.15, -0.1) is 0 Å². The van der Waals surface area contributed by atoms with Gasteiger partial charge in [0.15, 0.2) is 0 Å². The zero-order valence-corrected chi connectivity index (χ0v) is 17.1. The molecule has 1 aromatic carbocycles. The van der Waals surface area contributed by atoms with Crippen molar-refractivity contribution >= 4 is 0 Å². The molecule has 0 saturated carbocycles. The minimum atomic E-state index is -0.599. The highest BCUT2D eigenvalue weighted by atomic mass is 16.5. The van der Waals surface area contributed by atoms with Gasteiger partial charge in [-0.05, 0) is 51.4 Å². The van der Waals surface area contributed by atoms with Crippen LogP contribution in [0.4, 0.5) is 0 Å². The lowest BCUT2D eigenvalue weighted by Gasteiger charge is -2.38. The molecule has 2 aliphatic heterocycles. The zero-order valence-electron chi connectivity index (χ0n) is 17.1. The Labute approximate surface area is 163 Å². The second-order valence-corrected chi connectivity index (χ2v) is 7.89. The van der Waals surface area contributed by atoms with Gasteiger partial charge in [0, 0.05) is 37.8 Å². The molecular formula is C21H34N2O4. The SMILES string of the molecule is COc1ccc(OC)c(C(O)CN2CCCC2CN2CC(C)OC(C)C2)c1. The van der Waals surface area contributed by atoms with Crippen molar-refractivity contribution in [1.82, 2.24) is 9.80 Å². The van der Waals surface area contributed by atoms with Crippen molar-refractivity contribution < 1.29 is 19.3 Å². The quantitative estimate of drug-likeness (QED) is 0.786. The van der Waals surface area contributed by atoms with E-state index >= 15 is 0 Å². The van der Waals surface area contributed by atoms with Crippen LogP contribution in [0.1, 0.15) is 38.4 Å². The molecule has 2 aliphatic rings. The number of aliphatic hydroxyl groups is 1. The topological polar surface area (TPSA) is 54.4 Å². The summed E-state index contributed by atoms with van der Waals surface area (Å²) in [6.07, 6.45) is 2.34. The predicted molar refractivity (Wildman–Crippen MR) is 106 cm³/mol. The van der Waals surface area contributed by atoms with E-state index in [9.17, 15) is 5.11 Å². The average Bonchev–Trinajstić information content (AvgIpc) is 3.06.